The number of hydrogen-bond acceptors (Lipinski definition) is 3. The van der Waals surface area contributed by atoms with E-state index in [9.17, 15) is 4.57 Å². The van der Waals surface area contributed by atoms with Crippen LogP contribution in [0.4, 0.5) is 0 Å². The van der Waals surface area contributed by atoms with Crippen LogP contribution >= 0.6 is 31.5 Å². The predicted molar refractivity (Wildman–Crippen MR) is 35.2 cm³/mol. The van der Waals surface area contributed by atoms with Crippen LogP contribution in [0.25, 0.3) is 0 Å². The lowest BCUT2D eigenvalue weighted by Crippen LogP contribution is -2.07. The zero-order chi connectivity index (χ0) is 7.49. The molecule has 0 spiro atoms. The molecular formula is C2H6Cl2NO3P. The molecule has 0 aromatic rings. The Balaban J connectivity index is 4.11. The standard InChI is InChI=1S/C2H6Cl2NO3P/c1-5(2)9(6,7-3)8-4/h1-2H3. The summed E-state index contributed by atoms with van der Waals surface area (Å²) < 4.78 is 19.9. The van der Waals surface area contributed by atoms with E-state index < -0.39 is 7.75 Å². The molecule has 0 aromatic heterocycles. The Bertz CT molecular complexity index is 121. The van der Waals surface area contributed by atoms with Gasteiger partial charge in [-0.1, -0.05) is 0 Å². The molecule has 0 radical (unpaired) electrons. The molecule has 0 amide bonds. The molecule has 0 fully saturated rings. The van der Waals surface area contributed by atoms with Crippen LogP contribution in [0.15, 0.2) is 0 Å². The Kier molecular flexibility index (Phi) is 4.05. The summed E-state index contributed by atoms with van der Waals surface area (Å²) in [4.78, 5) is 0. The maximum absolute atomic E-state index is 10.9. The van der Waals surface area contributed by atoms with E-state index in [4.69, 9.17) is 23.7 Å². The Morgan fingerprint density at radius 2 is 1.67 bits per heavy atom. The second-order valence-electron chi connectivity index (χ2n) is 1.45. The van der Waals surface area contributed by atoms with E-state index in [1.54, 1.807) is 0 Å². The molecule has 0 rings (SSSR count). The van der Waals surface area contributed by atoms with Gasteiger partial charge in [0.25, 0.3) is 0 Å². The second-order valence-corrected chi connectivity index (χ2v) is 4.29. The van der Waals surface area contributed by atoms with Crippen LogP contribution in [0.5, 0.6) is 0 Å². The van der Waals surface area contributed by atoms with Crippen LogP contribution in [0.2, 0.25) is 0 Å². The molecule has 0 unspecified atom stereocenters. The van der Waals surface area contributed by atoms with Gasteiger partial charge in [0.05, 0.1) is 23.7 Å². The highest BCUT2D eigenvalue weighted by atomic mass is 35.5. The summed E-state index contributed by atoms with van der Waals surface area (Å²) in [6, 6.07) is 0. The SMILES string of the molecule is CN(C)P(=O)(OCl)OCl. The maximum Gasteiger partial charge on any atom is 0.440 e. The van der Waals surface area contributed by atoms with Gasteiger partial charge >= 0.3 is 7.75 Å². The van der Waals surface area contributed by atoms with Crippen molar-refractivity contribution in [2.75, 3.05) is 14.1 Å². The lowest BCUT2D eigenvalue weighted by molar-refractivity contribution is 0.348. The first-order valence-corrected chi connectivity index (χ1v) is 4.06. The number of hydrogen-bond donors (Lipinski definition) is 0. The average Bonchev–Trinajstić information content (AvgIpc) is 1.86. The minimum Gasteiger partial charge on any atom is -0.238 e. The quantitative estimate of drug-likeness (QED) is 0.644. The van der Waals surface area contributed by atoms with Gasteiger partial charge in [0.1, 0.15) is 0 Å². The molecule has 0 heterocycles. The zero-order valence-corrected chi connectivity index (χ0v) is 7.28. The zero-order valence-electron chi connectivity index (χ0n) is 4.88. The summed E-state index contributed by atoms with van der Waals surface area (Å²) >= 11 is 9.58. The van der Waals surface area contributed by atoms with E-state index in [-0.39, 0.29) is 0 Å². The smallest absolute Gasteiger partial charge is 0.238 e. The fourth-order valence-electron chi connectivity index (χ4n) is 0.134. The largest absolute Gasteiger partial charge is 0.440 e. The first-order chi connectivity index (χ1) is 4.06. The molecule has 0 aromatic carbocycles. The monoisotopic (exact) mass is 193 g/mol. The van der Waals surface area contributed by atoms with Crippen molar-refractivity contribution in [3.63, 3.8) is 0 Å². The summed E-state index contributed by atoms with van der Waals surface area (Å²) in [7, 11) is -0.461. The third-order valence-corrected chi connectivity index (χ3v) is 3.04. The Labute approximate surface area is 63.6 Å². The van der Waals surface area contributed by atoms with Gasteiger partial charge in [-0.25, -0.2) is 9.24 Å². The van der Waals surface area contributed by atoms with Gasteiger partial charge in [-0.3, -0.25) is 0 Å². The van der Waals surface area contributed by atoms with Gasteiger partial charge < -0.3 is 0 Å². The highest BCUT2D eigenvalue weighted by molar-refractivity contribution is 7.53. The van der Waals surface area contributed by atoms with Crippen LogP contribution in [0, 0.1) is 0 Å². The van der Waals surface area contributed by atoms with Gasteiger partial charge in [0, 0.05) is 0 Å². The third-order valence-electron chi connectivity index (χ3n) is 0.664. The van der Waals surface area contributed by atoms with Gasteiger partial charge in [-0.2, -0.15) is 8.15 Å². The summed E-state index contributed by atoms with van der Waals surface area (Å²) in [6.45, 7) is 0. The predicted octanol–water partition coefficient (Wildman–Crippen LogP) is 2.00. The van der Waals surface area contributed by atoms with E-state index in [1.165, 1.54) is 14.1 Å². The summed E-state index contributed by atoms with van der Waals surface area (Å²) in [5, 5.41) is 0. The Morgan fingerprint density at radius 3 is 1.67 bits per heavy atom. The highest BCUT2D eigenvalue weighted by Crippen LogP contribution is 2.52. The van der Waals surface area contributed by atoms with Crippen molar-refractivity contribution in [1.82, 2.24) is 4.67 Å². The number of nitrogens with zero attached hydrogens (tertiary/aromatic N) is 1. The van der Waals surface area contributed by atoms with Gasteiger partial charge in [0.2, 0.25) is 0 Å². The van der Waals surface area contributed by atoms with E-state index >= 15 is 0 Å². The summed E-state index contributed by atoms with van der Waals surface area (Å²) in [6.07, 6.45) is 0. The molecule has 0 bridgehead atoms. The normalized spacial score (nSPS) is 12.6. The topological polar surface area (TPSA) is 38.8 Å². The fraction of sp³-hybridized carbons (Fsp3) is 1.00. The molecule has 56 valence electrons. The highest BCUT2D eigenvalue weighted by Gasteiger charge is 2.27. The van der Waals surface area contributed by atoms with Crippen LogP contribution in [0.1, 0.15) is 0 Å². The Hall–Kier alpha value is 0.690. The third kappa shape index (κ3) is 2.42. The second kappa shape index (κ2) is 3.76. The van der Waals surface area contributed by atoms with E-state index in [0.717, 1.165) is 4.67 Å². The first-order valence-electron chi connectivity index (χ1n) is 1.95. The molecular weight excluding hydrogens is 188 g/mol. The van der Waals surface area contributed by atoms with E-state index in [0.29, 0.717) is 0 Å². The lowest BCUT2D eigenvalue weighted by Gasteiger charge is -2.14. The van der Waals surface area contributed by atoms with Crippen molar-refractivity contribution in [3.05, 3.63) is 0 Å². The van der Waals surface area contributed by atoms with Crippen LogP contribution in [0.3, 0.4) is 0 Å². The van der Waals surface area contributed by atoms with E-state index in [2.05, 4.69) is 8.15 Å². The molecule has 0 aliphatic rings. The van der Waals surface area contributed by atoms with Crippen LogP contribution in [-0.2, 0) is 12.7 Å². The molecule has 7 heteroatoms. The van der Waals surface area contributed by atoms with Gasteiger partial charge in [-0.15, -0.1) is 0 Å². The van der Waals surface area contributed by atoms with Crippen LogP contribution < -0.4 is 0 Å². The van der Waals surface area contributed by atoms with Gasteiger partial charge in [-0.05, 0) is 14.1 Å². The van der Waals surface area contributed by atoms with Crippen molar-refractivity contribution in [2.24, 2.45) is 0 Å². The maximum atomic E-state index is 10.9. The molecule has 0 atom stereocenters. The molecule has 0 saturated heterocycles. The minimum absolute atomic E-state index is 1.15. The molecule has 4 nitrogen and oxygen atoms in total. The van der Waals surface area contributed by atoms with Crippen molar-refractivity contribution < 1.29 is 12.7 Å². The fourth-order valence-corrected chi connectivity index (χ4v) is 1.40. The first kappa shape index (κ1) is 9.69. The molecule has 0 aliphatic heterocycles. The van der Waals surface area contributed by atoms with E-state index in [1.807, 2.05) is 0 Å². The molecule has 0 saturated carbocycles. The van der Waals surface area contributed by atoms with Crippen LogP contribution in [-0.4, -0.2) is 18.8 Å². The average molecular weight is 194 g/mol. The molecule has 0 aliphatic carbocycles. The molecule has 0 N–H and O–H groups in total. The summed E-state index contributed by atoms with van der Waals surface area (Å²) in [5.41, 5.74) is 0. The van der Waals surface area contributed by atoms with Crippen molar-refractivity contribution in [3.8, 4) is 0 Å². The lowest BCUT2D eigenvalue weighted by atomic mass is 11.3. The van der Waals surface area contributed by atoms with Crippen molar-refractivity contribution >= 4 is 31.5 Å². The van der Waals surface area contributed by atoms with Crippen molar-refractivity contribution in [2.45, 2.75) is 0 Å². The minimum atomic E-state index is -3.39. The molecule has 9 heavy (non-hydrogen) atoms. The number of halogens is 2. The Morgan fingerprint density at radius 1 is 1.33 bits per heavy atom. The van der Waals surface area contributed by atoms with Gasteiger partial charge in [0.15, 0.2) is 0 Å². The number of rotatable bonds is 3. The van der Waals surface area contributed by atoms with Crippen molar-refractivity contribution in [1.29, 1.82) is 0 Å². The summed E-state index contributed by atoms with van der Waals surface area (Å²) in [5.74, 6) is 0.